The highest BCUT2D eigenvalue weighted by Crippen LogP contribution is 2.15. The first-order valence-electron chi connectivity index (χ1n) is 4.69. The molecule has 0 aliphatic carbocycles. The molecule has 0 saturated heterocycles. The Balaban J connectivity index is 2.62. The van der Waals surface area contributed by atoms with E-state index >= 15 is 0 Å². The van der Waals surface area contributed by atoms with Gasteiger partial charge in [-0.1, -0.05) is 0 Å². The third-order valence-electron chi connectivity index (χ3n) is 1.90. The van der Waals surface area contributed by atoms with Gasteiger partial charge in [-0.3, -0.25) is 0 Å². The summed E-state index contributed by atoms with van der Waals surface area (Å²) in [5, 5.41) is 11.6. The maximum atomic E-state index is 10.6. The van der Waals surface area contributed by atoms with Gasteiger partial charge in [0.25, 0.3) is 0 Å². The molecule has 5 nitrogen and oxygen atoms in total. The number of rotatable bonds is 6. The molecule has 1 atom stereocenters. The van der Waals surface area contributed by atoms with Crippen molar-refractivity contribution < 1.29 is 19.1 Å². The van der Waals surface area contributed by atoms with Crippen LogP contribution >= 0.6 is 0 Å². The van der Waals surface area contributed by atoms with E-state index < -0.39 is 5.97 Å². The zero-order valence-corrected chi connectivity index (χ0v) is 8.90. The predicted molar refractivity (Wildman–Crippen MR) is 58.4 cm³/mol. The van der Waals surface area contributed by atoms with E-state index in [0.717, 1.165) is 0 Å². The molecule has 0 radical (unpaired) electrons. The number of furan rings is 1. The van der Waals surface area contributed by atoms with Gasteiger partial charge in [-0.25, -0.2) is 4.79 Å². The lowest BCUT2D eigenvalue weighted by Crippen LogP contribution is -2.24. The first kappa shape index (κ1) is 12.1. The molecule has 0 aromatic carbocycles. The second-order valence-corrected chi connectivity index (χ2v) is 3.17. The van der Waals surface area contributed by atoms with Crippen LogP contribution < -0.4 is 5.32 Å². The summed E-state index contributed by atoms with van der Waals surface area (Å²) < 4.78 is 10.0. The van der Waals surface area contributed by atoms with Crippen LogP contribution in [0, 0.1) is 12.3 Å². The van der Waals surface area contributed by atoms with Crippen molar-refractivity contribution in [2.45, 2.75) is 12.5 Å². The van der Waals surface area contributed by atoms with E-state index in [9.17, 15) is 4.79 Å². The Morgan fingerprint density at radius 2 is 2.50 bits per heavy atom. The fourth-order valence-electron chi connectivity index (χ4n) is 1.23. The van der Waals surface area contributed by atoms with Crippen molar-refractivity contribution in [2.75, 3.05) is 19.0 Å². The molecule has 86 valence electrons. The fraction of sp³-hybridized carbons (Fsp3) is 0.364. The van der Waals surface area contributed by atoms with Crippen LogP contribution in [0.5, 0.6) is 0 Å². The van der Waals surface area contributed by atoms with Gasteiger partial charge in [0.1, 0.15) is 0 Å². The van der Waals surface area contributed by atoms with Gasteiger partial charge in [0, 0.05) is 19.6 Å². The molecule has 0 amide bonds. The highest BCUT2D eigenvalue weighted by molar-refractivity contribution is 5.84. The van der Waals surface area contributed by atoms with Crippen LogP contribution in [0.25, 0.3) is 0 Å². The minimum atomic E-state index is -1.10. The zero-order valence-electron chi connectivity index (χ0n) is 8.90. The molecule has 16 heavy (non-hydrogen) atoms. The van der Waals surface area contributed by atoms with E-state index in [4.69, 9.17) is 20.7 Å². The van der Waals surface area contributed by atoms with Gasteiger partial charge >= 0.3 is 5.97 Å². The summed E-state index contributed by atoms with van der Waals surface area (Å²) in [4.78, 5) is 10.6. The normalized spacial score (nSPS) is 11.8. The molecule has 1 unspecified atom stereocenters. The lowest BCUT2D eigenvalue weighted by Gasteiger charge is -2.14. The Kier molecular flexibility index (Phi) is 4.42. The molecule has 1 heterocycles. The van der Waals surface area contributed by atoms with E-state index in [1.54, 1.807) is 13.2 Å². The van der Waals surface area contributed by atoms with Crippen LogP contribution in [0.1, 0.15) is 17.0 Å². The Morgan fingerprint density at radius 1 is 1.75 bits per heavy atom. The monoisotopic (exact) mass is 223 g/mol. The molecule has 0 aliphatic heterocycles. The summed E-state index contributed by atoms with van der Waals surface area (Å²) in [7, 11) is 1.57. The molecule has 0 bridgehead atoms. The van der Waals surface area contributed by atoms with Gasteiger partial charge in [-0.15, -0.1) is 12.3 Å². The summed E-state index contributed by atoms with van der Waals surface area (Å²) in [6.07, 6.45) is 5.67. The number of carboxylic acids is 1. The standard InChI is InChI=1S/C11H13NO4/c1-3-4-8(7-15-2)12-10-6-5-9(16-10)11(13)14/h1,5-6,8,12H,4,7H2,2H3,(H,13,14). The molecule has 1 aromatic rings. The number of methoxy groups -OCH3 is 1. The summed E-state index contributed by atoms with van der Waals surface area (Å²) >= 11 is 0. The van der Waals surface area contributed by atoms with E-state index in [1.807, 2.05) is 0 Å². The Labute approximate surface area is 93.4 Å². The highest BCUT2D eigenvalue weighted by atomic mass is 16.5. The highest BCUT2D eigenvalue weighted by Gasteiger charge is 2.12. The van der Waals surface area contributed by atoms with Gasteiger partial charge in [0.05, 0.1) is 12.6 Å². The van der Waals surface area contributed by atoms with Crippen LogP contribution in [-0.4, -0.2) is 30.8 Å². The van der Waals surface area contributed by atoms with E-state index in [2.05, 4.69) is 11.2 Å². The van der Waals surface area contributed by atoms with Gasteiger partial charge in [0.2, 0.25) is 5.76 Å². The van der Waals surface area contributed by atoms with Gasteiger partial charge in [0.15, 0.2) is 5.88 Å². The van der Waals surface area contributed by atoms with Gasteiger partial charge in [-0.2, -0.15) is 0 Å². The van der Waals surface area contributed by atoms with Crippen molar-refractivity contribution in [2.24, 2.45) is 0 Å². The molecule has 0 fully saturated rings. The average molecular weight is 223 g/mol. The van der Waals surface area contributed by atoms with Crippen molar-refractivity contribution in [3.63, 3.8) is 0 Å². The number of hydrogen-bond acceptors (Lipinski definition) is 4. The number of terminal acetylenes is 1. The van der Waals surface area contributed by atoms with Crippen molar-refractivity contribution in [1.82, 2.24) is 0 Å². The quantitative estimate of drug-likeness (QED) is 0.714. The van der Waals surface area contributed by atoms with E-state index in [-0.39, 0.29) is 11.8 Å². The number of nitrogens with one attached hydrogen (secondary N) is 1. The predicted octanol–water partition coefficient (Wildman–Crippen LogP) is 1.43. The summed E-state index contributed by atoms with van der Waals surface area (Å²) in [6, 6.07) is 2.83. The maximum absolute atomic E-state index is 10.6. The third kappa shape index (κ3) is 3.33. The number of ether oxygens (including phenoxy) is 1. The third-order valence-corrected chi connectivity index (χ3v) is 1.90. The van der Waals surface area contributed by atoms with Gasteiger partial charge in [-0.05, 0) is 6.07 Å². The molecular weight excluding hydrogens is 210 g/mol. The summed E-state index contributed by atoms with van der Waals surface area (Å²) in [6.45, 7) is 0.424. The van der Waals surface area contributed by atoms with Crippen molar-refractivity contribution in [1.29, 1.82) is 0 Å². The first-order chi connectivity index (χ1) is 7.67. The molecule has 0 aliphatic rings. The Bertz CT molecular complexity index is 391. The number of anilines is 1. The lowest BCUT2D eigenvalue weighted by molar-refractivity contribution is 0.0663. The number of hydrogen-bond donors (Lipinski definition) is 2. The lowest BCUT2D eigenvalue weighted by atomic mass is 10.2. The second-order valence-electron chi connectivity index (χ2n) is 3.17. The number of carboxylic acid groups (broad SMARTS) is 1. The fourth-order valence-corrected chi connectivity index (χ4v) is 1.23. The topological polar surface area (TPSA) is 71.7 Å². The van der Waals surface area contributed by atoms with E-state index in [1.165, 1.54) is 6.07 Å². The van der Waals surface area contributed by atoms with Crippen molar-refractivity contribution in [3.8, 4) is 12.3 Å². The first-order valence-corrected chi connectivity index (χ1v) is 4.69. The largest absolute Gasteiger partial charge is 0.475 e. The Morgan fingerprint density at radius 3 is 3.00 bits per heavy atom. The molecule has 0 spiro atoms. The van der Waals surface area contributed by atoms with Crippen molar-refractivity contribution >= 4 is 11.9 Å². The van der Waals surface area contributed by atoms with Crippen LogP contribution in [0.4, 0.5) is 5.88 Å². The molecule has 5 heteroatoms. The van der Waals surface area contributed by atoms with E-state index in [0.29, 0.717) is 18.9 Å². The maximum Gasteiger partial charge on any atom is 0.371 e. The molecule has 0 saturated carbocycles. The van der Waals surface area contributed by atoms with Crippen LogP contribution in [-0.2, 0) is 4.74 Å². The Hall–Kier alpha value is -1.93. The molecule has 1 aromatic heterocycles. The van der Waals surface area contributed by atoms with Gasteiger partial charge < -0.3 is 19.6 Å². The molecule has 2 N–H and O–H groups in total. The smallest absolute Gasteiger partial charge is 0.371 e. The number of aromatic carboxylic acids is 1. The second kappa shape index (κ2) is 5.83. The minimum Gasteiger partial charge on any atom is -0.475 e. The molecule has 1 rings (SSSR count). The summed E-state index contributed by atoms with van der Waals surface area (Å²) in [5.74, 6) is 1.66. The zero-order chi connectivity index (χ0) is 12.0. The SMILES string of the molecule is C#CCC(COC)Nc1ccc(C(=O)O)o1. The minimum absolute atomic E-state index is 0.0946. The number of carbonyl (C=O) groups is 1. The molecular formula is C11H13NO4. The van der Waals surface area contributed by atoms with Crippen LogP contribution in [0.15, 0.2) is 16.5 Å². The van der Waals surface area contributed by atoms with Crippen molar-refractivity contribution in [3.05, 3.63) is 17.9 Å². The summed E-state index contributed by atoms with van der Waals surface area (Å²) in [5.41, 5.74) is 0. The van der Waals surface area contributed by atoms with Crippen LogP contribution in [0.2, 0.25) is 0 Å². The average Bonchev–Trinajstić information content (AvgIpc) is 2.67. The van der Waals surface area contributed by atoms with Crippen LogP contribution in [0.3, 0.4) is 0 Å².